The van der Waals surface area contributed by atoms with E-state index in [0.717, 1.165) is 6.04 Å². The van der Waals surface area contributed by atoms with Gasteiger partial charge in [0.2, 0.25) is 0 Å². The topological polar surface area (TPSA) is 15.3 Å². The van der Waals surface area contributed by atoms with Crippen molar-refractivity contribution in [3.05, 3.63) is 0 Å². The van der Waals surface area contributed by atoms with Crippen LogP contribution in [-0.4, -0.2) is 36.6 Å². The number of hydrogen-bond acceptors (Lipinski definition) is 2. The molecule has 0 spiro atoms. The zero-order valence-corrected chi connectivity index (χ0v) is 11.3. The van der Waals surface area contributed by atoms with Crippen molar-refractivity contribution >= 4 is 0 Å². The van der Waals surface area contributed by atoms with Crippen LogP contribution in [0.2, 0.25) is 0 Å². The van der Waals surface area contributed by atoms with Gasteiger partial charge >= 0.3 is 0 Å². The molecule has 94 valence electrons. The molecule has 1 saturated carbocycles. The van der Waals surface area contributed by atoms with Crippen molar-refractivity contribution in [1.29, 1.82) is 0 Å². The first-order valence-electron chi connectivity index (χ1n) is 7.04. The van der Waals surface area contributed by atoms with Crippen molar-refractivity contribution in [3.63, 3.8) is 0 Å². The third kappa shape index (κ3) is 3.21. The second kappa shape index (κ2) is 5.05. The minimum Gasteiger partial charge on any atom is -0.313 e. The maximum Gasteiger partial charge on any atom is 0.0166 e. The summed E-state index contributed by atoms with van der Waals surface area (Å²) in [6.45, 7) is 10.9. The molecular weight excluding hydrogens is 196 g/mol. The van der Waals surface area contributed by atoms with E-state index in [1.54, 1.807) is 0 Å². The monoisotopic (exact) mass is 224 g/mol. The Bertz CT molecular complexity index is 215. The Labute approximate surface area is 101 Å². The van der Waals surface area contributed by atoms with Crippen LogP contribution in [0.4, 0.5) is 0 Å². The molecule has 1 N–H and O–H groups in total. The molecule has 0 aromatic heterocycles. The zero-order valence-electron chi connectivity index (χ0n) is 11.3. The lowest BCUT2D eigenvalue weighted by atomic mass is 9.75. The SMILES string of the molecule is CC1CN(C2CCC(C)(C)CC2)CCCN1. The summed E-state index contributed by atoms with van der Waals surface area (Å²) in [6, 6.07) is 1.55. The first-order chi connectivity index (χ1) is 7.57. The Balaban J connectivity index is 1.87. The van der Waals surface area contributed by atoms with E-state index < -0.39 is 0 Å². The molecule has 1 aliphatic heterocycles. The quantitative estimate of drug-likeness (QED) is 0.736. The van der Waals surface area contributed by atoms with Crippen LogP contribution >= 0.6 is 0 Å². The van der Waals surface area contributed by atoms with Gasteiger partial charge in [-0.3, -0.25) is 4.90 Å². The van der Waals surface area contributed by atoms with Gasteiger partial charge in [0, 0.05) is 18.6 Å². The normalized spacial score (nSPS) is 33.6. The van der Waals surface area contributed by atoms with E-state index in [4.69, 9.17) is 0 Å². The Morgan fingerprint density at radius 3 is 2.56 bits per heavy atom. The summed E-state index contributed by atoms with van der Waals surface area (Å²) < 4.78 is 0. The fourth-order valence-electron chi connectivity index (χ4n) is 3.22. The lowest BCUT2D eigenvalue weighted by molar-refractivity contribution is 0.107. The van der Waals surface area contributed by atoms with E-state index in [-0.39, 0.29) is 0 Å². The third-order valence-electron chi connectivity index (χ3n) is 4.45. The van der Waals surface area contributed by atoms with Crippen LogP contribution in [0.15, 0.2) is 0 Å². The third-order valence-corrected chi connectivity index (χ3v) is 4.45. The molecular formula is C14H28N2. The van der Waals surface area contributed by atoms with Gasteiger partial charge in [-0.05, 0) is 57.5 Å². The molecule has 0 amide bonds. The molecule has 1 unspecified atom stereocenters. The van der Waals surface area contributed by atoms with E-state index >= 15 is 0 Å². The summed E-state index contributed by atoms with van der Waals surface area (Å²) >= 11 is 0. The number of hydrogen-bond donors (Lipinski definition) is 1. The first-order valence-corrected chi connectivity index (χ1v) is 7.04. The van der Waals surface area contributed by atoms with Crippen molar-refractivity contribution in [1.82, 2.24) is 10.2 Å². The van der Waals surface area contributed by atoms with E-state index in [2.05, 4.69) is 31.0 Å². The van der Waals surface area contributed by atoms with Gasteiger partial charge in [0.15, 0.2) is 0 Å². The molecule has 0 aromatic rings. The highest BCUT2D eigenvalue weighted by Crippen LogP contribution is 2.37. The average molecular weight is 224 g/mol. The van der Waals surface area contributed by atoms with Crippen molar-refractivity contribution in [3.8, 4) is 0 Å². The fourth-order valence-corrected chi connectivity index (χ4v) is 3.22. The predicted molar refractivity (Wildman–Crippen MR) is 69.7 cm³/mol. The highest BCUT2D eigenvalue weighted by atomic mass is 15.2. The average Bonchev–Trinajstić information content (AvgIpc) is 2.43. The van der Waals surface area contributed by atoms with Gasteiger partial charge in [-0.15, -0.1) is 0 Å². The van der Waals surface area contributed by atoms with Crippen LogP contribution in [0.5, 0.6) is 0 Å². The zero-order chi connectivity index (χ0) is 11.6. The predicted octanol–water partition coefficient (Wildman–Crippen LogP) is 2.64. The number of nitrogens with zero attached hydrogens (tertiary/aromatic N) is 1. The minimum absolute atomic E-state index is 0.603. The van der Waals surface area contributed by atoms with Gasteiger partial charge in [-0.1, -0.05) is 13.8 Å². The van der Waals surface area contributed by atoms with Crippen LogP contribution in [0.1, 0.15) is 52.9 Å². The van der Waals surface area contributed by atoms with E-state index in [0.29, 0.717) is 11.5 Å². The van der Waals surface area contributed by atoms with Gasteiger partial charge in [0.1, 0.15) is 0 Å². The maximum atomic E-state index is 3.59. The molecule has 2 rings (SSSR count). The number of rotatable bonds is 1. The Morgan fingerprint density at radius 1 is 1.19 bits per heavy atom. The Hall–Kier alpha value is -0.0800. The summed E-state index contributed by atoms with van der Waals surface area (Å²) in [7, 11) is 0. The first kappa shape index (κ1) is 12.4. The van der Waals surface area contributed by atoms with E-state index in [1.165, 1.54) is 51.7 Å². The molecule has 1 saturated heterocycles. The van der Waals surface area contributed by atoms with Crippen molar-refractivity contribution < 1.29 is 0 Å². The van der Waals surface area contributed by atoms with Crippen LogP contribution in [0.3, 0.4) is 0 Å². The molecule has 0 radical (unpaired) electrons. The van der Waals surface area contributed by atoms with E-state index in [1.807, 2.05) is 0 Å². The van der Waals surface area contributed by atoms with Crippen LogP contribution in [-0.2, 0) is 0 Å². The van der Waals surface area contributed by atoms with Gasteiger partial charge in [-0.2, -0.15) is 0 Å². The summed E-state index contributed by atoms with van der Waals surface area (Å²) in [5.41, 5.74) is 0.603. The summed E-state index contributed by atoms with van der Waals surface area (Å²) in [6.07, 6.45) is 6.98. The van der Waals surface area contributed by atoms with Crippen LogP contribution < -0.4 is 5.32 Å². The van der Waals surface area contributed by atoms with Crippen LogP contribution in [0.25, 0.3) is 0 Å². The minimum atomic E-state index is 0.603. The van der Waals surface area contributed by atoms with E-state index in [9.17, 15) is 0 Å². The highest BCUT2D eigenvalue weighted by Gasteiger charge is 2.30. The molecule has 2 fully saturated rings. The summed E-state index contributed by atoms with van der Waals surface area (Å²) in [4.78, 5) is 2.75. The highest BCUT2D eigenvalue weighted by molar-refractivity contribution is 4.86. The Kier molecular flexibility index (Phi) is 3.91. The second-order valence-electron chi connectivity index (χ2n) is 6.60. The van der Waals surface area contributed by atoms with Crippen molar-refractivity contribution in [2.24, 2.45) is 5.41 Å². The standard InChI is InChI=1S/C14H28N2/c1-12-11-16(10-4-9-15-12)13-5-7-14(2,3)8-6-13/h12-13,15H,4-11H2,1-3H3. The van der Waals surface area contributed by atoms with Gasteiger partial charge < -0.3 is 5.32 Å². The van der Waals surface area contributed by atoms with Crippen LogP contribution in [0, 0.1) is 5.41 Å². The molecule has 2 heteroatoms. The van der Waals surface area contributed by atoms with Gasteiger partial charge in [-0.25, -0.2) is 0 Å². The molecule has 2 nitrogen and oxygen atoms in total. The van der Waals surface area contributed by atoms with Gasteiger partial charge in [0.25, 0.3) is 0 Å². The lowest BCUT2D eigenvalue weighted by Gasteiger charge is -2.40. The molecule has 1 heterocycles. The largest absolute Gasteiger partial charge is 0.313 e. The van der Waals surface area contributed by atoms with Crippen molar-refractivity contribution in [2.45, 2.75) is 65.0 Å². The molecule has 0 aromatic carbocycles. The summed E-state index contributed by atoms with van der Waals surface area (Å²) in [5, 5.41) is 3.59. The summed E-state index contributed by atoms with van der Waals surface area (Å²) in [5.74, 6) is 0. The molecule has 16 heavy (non-hydrogen) atoms. The second-order valence-corrected chi connectivity index (χ2v) is 6.60. The Morgan fingerprint density at radius 2 is 1.88 bits per heavy atom. The fraction of sp³-hybridized carbons (Fsp3) is 1.00. The van der Waals surface area contributed by atoms with Crippen molar-refractivity contribution in [2.75, 3.05) is 19.6 Å². The molecule has 0 bridgehead atoms. The maximum absolute atomic E-state index is 3.59. The molecule has 2 aliphatic rings. The number of nitrogens with one attached hydrogen (secondary N) is 1. The lowest BCUT2D eigenvalue weighted by Crippen LogP contribution is -2.44. The molecule has 1 aliphatic carbocycles. The van der Waals surface area contributed by atoms with Gasteiger partial charge in [0.05, 0.1) is 0 Å². The molecule has 1 atom stereocenters. The smallest absolute Gasteiger partial charge is 0.0166 e.